The molecule has 1 N–H and O–H groups in total. The fraction of sp³-hybridized carbons (Fsp3) is 0.708. The van der Waals surface area contributed by atoms with Crippen LogP contribution < -0.4 is 0 Å². The number of likely N-dealkylation sites (N-methyl/N-ethyl adjacent to an activating group) is 1. The maximum atomic E-state index is 14.1. The second-order valence-corrected chi connectivity index (χ2v) is 11.0. The van der Waals surface area contributed by atoms with Crippen molar-refractivity contribution in [3.05, 3.63) is 24.3 Å². The van der Waals surface area contributed by atoms with E-state index in [-0.39, 0.29) is 35.6 Å². The van der Waals surface area contributed by atoms with Crippen LogP contribution >= 0.6 is 11.8 Å². The van der Waals surface area contributed by atoms with Crippen LogP contribution in [-0.2, 0) is 14.4 Å². The molecule has 0 aromatic rings. The van der Waals surface area contributed by atoms with Gasteiger partial charge < -0.3 is 19.8 Å². The highest BCUT2D eigenvalue weighted by Gasteiger charge is 2.71. The van der Waals surface area contributed by atoms with E-state index in [9.17, 15) is 19.5 Å². The molecule has 0 radical (unpaired) electrons. The molecule has 0 aromatic carbocycles. The van der Waals surface area contributed by atoms with Crippen molar-refractivity contribution in [2.45, 2.75) is 68.2 Å². The molecule has 8 heteroatoms. The van der Waals surface area contributed by atoms with Gasteiger partial charge in [-0.2, -0.15) is 0 Å². The molecule has 0 aliphatic carbocycles. The molecule has 2 fully saturated rings. The summed E-state index contributed by atoms with van der Waals surface area (Å²) in [7, 11) is 1.77. The average Bonchev–Trinajstić information content (AvgIpc) is 3.09. The van der Waals surface area contributed by atoms with E-state index in [0.29, 0.717) is 19.5 Å². The Hall–Kier alpha value is -1.80. The lowest BCUT2D eigenvalue weighted by Crippen LogP contribution is -2.57. The second-order valence-electron chi connectivity index (χ2n) is 9.51. The van der Waals surface area contributed by atoms with Gasteiger partial charge in [0.05, 0.1) is 29.2 Å². The predicted octanol–water partition coefficient (Wildman–Crippen LogP) is 1.67. The first-order valence-corrected chi connectivity index (χ1v) is 12.7. The number of nitrogens with zero attached hydrogens (tertiary/aromatic N) is 3. The molecule has 0 bridgehead atoms. The molecule has 0 aromatic heterocycles. The van der Waals surface area contributed by atoms with E-state index in [4.69, 9.17) is 0 Å². The van der Waals surface area contributed by atoms with Gasteiger partial charge in [-0.1, -0.05) is 44.6 Å². The fourth-order valence-electron chi connectivity index (χ4n) is 6.00. The van der Waals surface area contributed by atoms with Gasteiger partial charge in [-0.3, -0.25) is 14.4 Å². The minimum Gasteiger partial charge on any atom is -0.394 e. The molecule has 2 saturated heterocycles. The largest absolute Gasteiger partial charge is 0.394 e. The van der Waals surface area contributed by atoms with Crippen LogP contribution in [0.4, 0.5) is 0 Å². The van der Waals surface area contributed by atoms with E-state index in [1.54, 1.807) is 28.6 Å². The number of likely N-dealkylation sites (tertiary alicyclic amines) is 1. The van der Waals surface area contributed by atoms with Crippen LogP contribution in [0.25, 0.3) is 0 Å². The number of amides is 3. The Morgan fingerprint density at radius 1 is 1.16 bits per heavy atom. The third-order valence-corrected chi connectivity index (χ3v) is 9.39. The Labute approximate surface area is 194 Å². The number of aliphatic hydroxyl groups is 1. The molecule has 2 unspecified atom stereocenters. The van der Waals surface area contributed by atoms with Gasteiger partial charge in [-0.25, -0.2) is 0 Å². The minimum atomic E-state index is -0.801. The Balaban J connectivity index is 1.85. The Kier molecular flexibility index (Phi) is 6.47. The molecule has 4 aliphatic rings. The van der Waals surface area contributed by atoms with E-state index in [1.807, 2.05) is 36.1 Å². The molecule has 176 valence electrons. The van der Waals surface area contributed by atoms with Crippen molar-refractivity contribution >= 4 is 29.5 Å². The monoisotopic (exact) mass is 461 g/mol. The SMILES string of the molecule is CCCC(C)N1CC=C[C@]23S[C@@H]4C=CCN(C)C(=O)[C@@H]4[C@H]2C(=O)N([C@@H](CC)CO)C3C1=O. The topological polar surface area (TPSA) is 81.2 Å². The molecule has 4 aliphatic heterocycles. The number of carbonyl (C=O) groups excluding carboxylic acids is 3. The Bertz CT molecular complexity index is 841. The zero-order valence-electron chi connectivity index (χ0n) is 19.4. The van der Waals surface area contributed by atoms with Crippen LogP contribution in [0, 0.1) is 11.8 Å². The van der Waals surface area contributed by atoms with E-state index in [2.05, 4.69) is 13.8 Å². The molecule has 7 atom stereocenters. The minimum absolute atomic E-state index is 0.0401. The lowest BCUT2D eigenvalue weighted by Gasteiger charge is -2.39. The highest BCUT2D eigenvalue weighted by atomic mass is 32.2. The quantitative estimate of drug-likeness (QED) is 0.609. The van der Waals surface area contributed by atoms with Gasteiger partial charge in [-0.05, 0) is 19.8 Å². The summed E-state index contributed by atoms with van der Waals surface area (Å²) < 4.78 is -0.801. The van der Waals surface area contributed by atoms with Crippen molar-refractivity contribution in [3.8, 4) is 0 Å². The van der Waals surface area contributed by atoms with Crippen LogP contribution in [0.1, 0.15) is 40.0 Å². The van der Waals surface area contributed by atoms with E-state index < -0.39 is 28.7 Å². The summed E-state index contributed by atoms with van der Waals surface area (Å²) >= 11 is 1.59. The highest BCUT2D eigenvalue weighted by molar-refractivity contribution is 8.02. The summed E-state index contributed by atoms with van der Waals surface area (Å²) in [5.74, 6) is -1.38. The molecule has 32 heavy (non-hydrogen) atoms. The number of hydrogen-bond acceptors (Lipinski definition) is 5. The normalized spacial score (nSPS) is 36.0. The van der Waals surface area contributed by atoms with Crippen molar-refractivity contribution in [2.24, 2.45) is 11.8 Å². The summed E-state index contributed by atoms with van der Waals surface area (Å²) in [4.78, 5) is 46.6. The van der Waals surface area contributed by atoms with Gasteiger partial charge in [0, 0.05) is 31.4 Å². The number of fused-ring (bicyclic) bond motifs is 2. The summed E-state index contributed by atoms with van der Waals surface area (Å²) in [5.41, 5.74) is 0. The fourth-order valence-corrected chi connectivity index (χ4v) is 7.99. The number of carbonyl (C=O) groups is 3. The van der Waals surface area contributed by atoms with E-state index >= 15 is 0 Å². The number of aliphatic hydroxyl groups excluding tert-OH is 1. The zero-order valence-corrected chi connectivity index (χ0v) is 20.3. The Morgan fingerprint density at radius 2 is 1.91 bits per heavy atom. The number of rotatable bonds is 6. The third-order valence-electron chi connectivity index (χ3n) is 7.64. The van der Waals surface area contributed by atoms with Gasteiger partial charge in [-0.15, -0.1) is 11.8 Å². The summed E-state index contributed by atoms with van der Waals surface area (Å²) in [5, 5.41) is 9.97. The number of thioether (sulfide) groups is 1. The summed E-state index contributed by atoms with van der Waals surface area (Å²) in [6.45, 7) is 6.91. The lowest BCUT2D eigenvalue weighted by atomic mass is 9.78. The molecule has 4 heterocycles. The second kappa shape index (κ2) is 8.86. The smallest absolute Gasteiger partial charge is 0.247 e. The molecular weight excluding hydrogens is 426 g/mol. The van der Waals surface area contributed by atoms with Crippen molar-refractivity contribution in [1.29, 1.82) is 0 Å². The van der Waals surface area contributed by atoms with E-state index in [0.717, 1.165) is 12.8 Å². The van der Waals surface area contributed by atoms with E-state index in [1.165, 1.54) is 0 Å². The predicted molar refractivity (Wildman–Crippen MR) is 125 cm³/mol. The number of hydrogen-bond donors (Lipinski definition) is 1. The summed E-state index contributed by atoms with van der Waals surface area (Å²) in [6.07, 6.45) is 10.5. The van der Waals surface area contributed by atoms with Crippen LogP contribution in [0.5, 0.6) is 0 Å². The first-order valence-electron chi connectivity index (χ1n) is 11.8. The molecule has 1 spiro atoms. The first kappa shape index (κ1) is 23.4. The lowest BCUT2D eigenvalue weighted by molar-refractivity contribution is -0.147. The zero-order chi connectivity index (χ0) is 23.2. The van der Waals surface area contributed by atoms with Gasteiger partial charge in [0.15, 0.2) is 0 Å². The first-order chi connectivity index (χ1) is 15.3. The molecule has 4 rings (SSSR count). The van der Waals surface area contributed by atoms with Crippen LogP contribution in [0.15, 0.2) is 24.3 Å². The van der Waals surface area contributed by atoms with Gasteiger partial charge >= 0.3 is 0 Å². The Morgan fingerprint density at radius 3 is 2.56 bits per heavy atom. The summed E-state index contributed by atoms with van der Waals surface area (Å²) in [6, 6.07) is -1.09. The molecular formula is C24H35N3O4S. The van der Waals surface area contributed by atoms with Crippen molar-refractivity contribution in [3.63, 3.8) is 0 Å². The maximum absolute atomic E-state index is 14.1. The molecule has 7 nitrogen and oxygen atoms in total. The standard InChI is InChI=1S/C24H35N3O4S/c1-5-9-15(3)26-13-8-11-24-19(18-17(32-24)10-7-12-25(4)21(18)29)22(30)27(16(6-2)14-28)20(24)23(26)31/h7-8,10-11,15-20,28H,5-6,9,12-14H2,1-4H3/t15?,16-,17+,18-,19-,20?,24-/m0/s1. The molecule has 0 saturated carbocycles. The maximum Gasteiger partial charge on any atom is 0.247 e. The molecule has 3 amide bonds. The van der Waals surface area contributed by atoms with Gasteiger partial charge in [0.25, 0.3) is 0 Å². The third kappa shape index (κ3) is 3.33. The van der Waals surface area contributed by atoms with Crippen molar-refractivity contribution < 1.29 is 19.5 Å². The van der Waals surface area contributed by atoms with Crippen LogP contribution in [0.2, 0.25) is 0 Å². The van der Waals surface area contributed by atoms with Gasteiger partial charge in [0.2, 0.25) is 17.7 Å². The van der Waals surface area contributed by atoms with Crippen molar-refractivity contribution in [1.82, 2.24) is 14.7 Å². The van der Waals surface area contributed by atoms with Gasteiger partial charge in [0.1, 0.15) is 6.04 Å². The van der Waals surface area contributed by atoms with Crippen LogP contribution in [-0.4, -0.2) is 92.4 Å². The van der Waals surface area contributed by atoms with Crippen LogP contribution in [0.3, 0.4) is 0 Å². The van der Waals surface area contributed by atoms with Crippen molar-refractivity contribution in [2.75, 3.05) is 26.7 Å². The average molecular weight is 462 g/mol. The highest BCUT2D eigenvalue weighted by Crippen LogP contribution is 2.61.